The number of anilines is 1. The molecule has 0 aromatic heterocycles. The lowest BCUT2D eigenvalue weighted by molar-refractivity contribution is -0.274. The zero-order valence-electron chi connectivity index (χ0n) is 14.0. The standard InChI is InChI=1S/C18H16F3NO4/c1-11-4-3-5-13(10-11)17(24)25-12(2)16(23)22-14-6-8-15(9-7-14)26-18(19,20)21/h3-10,12H,1-2H3,(H,22,23). The number of hydrogen-bond donors (Lipinski definition) is 1. The summed E-state index contributed by atoms with van der Waals surface area (Å²) in [5.74, 6) is -1.67. The molecule has 1 atom stereocenters. The smallest absolute Gasteiger partial charge is 0.449 e. The van der Waals surface area contributed by atoms with E-state index in [9.17, 15) is 22.8 Å². The summed E-state index contributed by atoms with van der Waals surface area (Å²) in [5.41, 5.74) is 1.43. The molecule has 0 aliphatic carbocycles. The average molecular weight is 367 g/mol. The van der Waals surface area contributed by atoms with Crippen molar-refractivity contribution >= 4 is 17.6 Å². The first kappa shape index (κ1) is 19.3. The molecule has 26 heavy (non-hydrogen) atoms. The number of amides is 1. The summed E-state index contributed by atoms with van der Waals surface area (Å²) < 4.78 is 45.1. The van der Waals surface area contributed by atoms with E-state index in [1.807, 2.05) is 13.0 Å². The highest BCUT2D eigenvalue weighted by Crippen LogP contribution is 2.24. The Kier molecular flexibility index (Phi) is 5.86. The first-order chi connectivity index (χ1) is 12.1. The molecule has 1 amide bonds. The zero-order valence-corrected chi connectivity index (χ0v) is 14.0. The van der Waals surface area contributed by atoms with Gasteiger partial charge < -0.3 is 14.8 Å². The van der Waals surface area contributed by atoms with Gasteiger partial charge in [0.1, 0.15) is 5.75 Å². The average Bonchev–Trinajstić information content (AvgIpc) is 2.55. The third-order valence-corrected chi connectivity index (χ3v) is 3.26. The Labute approximate surface area is 147 Å². The Morgan fingerprint density at radius 1 is 1.08 bits per heavy atom. The van der Waals surface area contributed by atoms with Crippen LogP contribution in [-0.2, 0) is 9.53 Å². The molecule has 0 aliphatic heterocycles. The monoisotopic (exact) mass is 367 g/mol. The van der Waals surface area contributed by atoms with E-state index in [1.54, 1.807) is 18.2 Å². The molecule has 0 spiro atoms. The Morgan fingerprint density at radius 2 is 1.73 bits per heavy atom. The maximum atomic E-state index is 12.1. The second-order valence-corrected chi connectivity index (χ2v) is 5.48. The number of carbonyl (C=O) groups is 2. The number of halogens is 3. The molecular weight excluding hydrogens is 351 g/mol. The molecule has 0 radical (unpaired) electrons. The van der Waals surface area contributed by atoms with Crippen molar-refractivity contribution in [2.24, 2.45) is 0 Å². The van der Waals surface area contributed by atoms with Gasteiger partial charge in [-0.3, -0.25) is 4.79 Å². The zero-order chi connectivity index (χ0) is 19.3. The number of nitrogens with one attached hydrogen (secondary N) is 1. The molecule has 5 nitrogen and oxygen atoms in total. The summed E-state index contributed by atoms with van der Waals surface area (Å²) in [6.07, 6.45) is -5.88. The second kappa shape index (κ2) is 7.90. The minimum Gasteiger partial charge on any atom is -0.449 e. The molecule has 138 valence electrons. The van der Waals surface area contributed by atoms with Crippen molar-refractivity contribution in [3.05, 3.63) is 59.7 Å². The predicted molar refractivity (Wildman–Crippen MR) is 87.8 cm³/mol. The van der Waals surface area contributed by atoms with Gasteiger partial charge >= 0.3 is 12.3 Å². The third kappa shape index (κ3) is 5.80. The van der Waals surface area contributed by atoms with E-state index in [-0.39, 0.29) is 5.69 Å². The van der Waals surface area contributed by atoms with Crippen molar-refractivity contribution in [3.63, 3.8) is 0 Å². The van der Waals surface area contributed by atoms with Crippen LogP contribution in [0.5, 0.6) is 5.75 Å². The molecule has 0 aliphatic rings. The highest BCUT2D eigenvalue weighted by Gasteiger charge is 2.31. The number of alkyl halides is 3. The van der Waals surface area contributed by atoms with Gasteiger partial charge in [-0.25, -0.2) is 4.79 Å². The van der Waals surface area contributed by atoms with E-state index in [2.05, 4.69) is 10.1 Å². The molecule has 0 bridgehead atoms. The first-order valence-electron chi connectivity index (χ1n) is 7.58. The van der Waals surface area contributed by atoms with Crippen molar-refractivity contribution in [1.82, 2.24) is 0 Å². The quantitative estimate of drug-likeness (QED) is 0.809. The van der Waals surface area contributed by atoms with Crippen LogP contribution < -0.4 is 10.1 Å². The Balaban J connectivity index is 1.93. The summed E-state index contributed by atoms with van der Waals surface area (Å²) >= 11 is 0. The van der Waals surface area contributed by atoms with Crippen LogP contribution in [0.25, 0.3) is 0 Å². The van der Waals surface area contributed by atoms with Gasteiger partial charge in [0.15, 0.2) is 6.10 Å². The van der Waals surface area contributed by atoms with Crippen LogP contribution >= 0.6 is 0 Å². The maximum absolute atomic E-state index is 12.1. The van der Waals surface area contributed by atoms with Gasteiger partial charge in [0, 0.05) is 5.69 Å². The van der Waals surface area contributed by atoms with Crippen molar-refractivity contribution < 1.29 is 32.2 Å². The van der Waals surface area contributed by atoms with Crippen molar-refractivity contribution in [2.75, 3.05) is 5.32 Å². The molecule has 0 saturated heterocycles. The molecule has 8 heteroatoms. The van der Waals surface area contributed by atoms with E-state index >= 15 is 0 Å². The van der Waals surface area contributed by atoms with Crippen LogP contribution in [0.4, 0.5) is 18.9 Å². The van der Waals surface area contributed by atoms with Gasteiger partial charge in [0.2, 0.25) is 0 Å². The first-order valence-corrected chi connectivity index (χ1v) is 7.58. The summed E-state index contributed by atoms with van der Waals surface area (Å²) in [6.45, 7) is 3.21. The largest absolute Gasteiger partial charge is 0.573 e. The van der Waals surface area contributed by atoms with Gasteiger partial charge in [-0.15, -0.1) is 13.2 Å². The van der Waals surface area contributed by atoms with Crippen LogP contribution in [0.1, 0.15) is 22.8 Å². The van der Waals surface area contributed by atoms with Gasteiger partial charge in [-0.1, -0.05) is 17.7 Å². The fraction of sp³-hybridized carbons (Fsp3) is 0.222. The Bertz CT molecular complexity index is 788. The molecule has 1 N–H and O–H groups in total. The normalized spacial score (nSPS) is 12.2. The molecule has 2 aromatic carbocycles. The van der Waals surface area contributed by atoms with Gasteiger partial charge in [-0.05, 0) is 50.2 Å². The highest BCUT2D eigenvalue weighted by molar-refractivity contribution is 5.97. The summed E-state index contributed by atoms with van der Waals surface area (Å²) in [7, 11) is 0. The van der Waals surface area contributed by atoms with Crippen molar-refractivity contribution in [2.45, 2.75) is 26.3 Å². The molecule has 0 saturated carbocycles. The lowest BCUT2D eigenvalue weighted by Gasteiger charge is -2.14. The minimum atomic E-state index is -4.79. The van der Waals surface area contributed by atoms with E-state index in [0.717, 1.165) is 17.7 Å². The number of aryl methyl sites for hydroxylation is 1. The summed E-state index contributed by atoms with van der Waals surface area (Å²) in [5, 5.41) is 2.45. The lowest BCUT2D eigenvalue weighted by Crippen LogP contribution is -2.30. The van der Waals surface area contributed by atoms with Crippen molar-refractivity contribution in [1.29, 1.82) is 0 Å². The number of hydrogen-bond acceptors (Lipinski definition) is 4. The molecular formula is C18H16F3NO4. The summed E-state index contributed by atoms with van der Waals surface area (Å²) in [6, 6.07) is 11.3. The number of benzene rings is 2. The van der Waals surface area contributed by atoms with Crippen molar-refractivity contribution in [3.8, 4) is 5.75 Å². The minimum absolute atomic E-state index is 0.239. The number of esters is 1. The fourth-order valence-electron chi connectivity index (χ4n) is 2.04. The van der Waals surface area contributed by atoms with Crippen LogP contribution in [0.3, 0.4) is 0 Å². The molecule has 1 unspecified atom stereocenters. The molecule has 2 aromatic rings. The second-order valence-electron chi connectivity index (χ2n) is 5.48. The van der Waals surface area contributed by atoms with E-state index < -0.39 is 30.1 Å². The van der Waals surface area contributed by atoms with E-state index in [4.69, 9.17) is 4.74 Å². The number of carbonyl (C=O) groups excluding carboxylic acids is 2. The number of rotatable bonds is 5. The van der Waals surface area contributed by atoms with Gasteiger partial charge in [0.05, 0.1) is 5.56 Å². The Morgan fingerprint density at radius 3 is 2.31 bits per heavy atom. The highest BCUT2D eigenvalue weighted by atomic mass is 19.4. The topological polar surface area (TPSA) is 64.6 Å². The van der Waals surface area contributed by atoms with Crippen LogP contribution in [-0.4, -0.2) is 24.3 Å². The SMILES string of the molecule is Cc1cccc(C(=O)OC(C)C(=O)Nc2ccc(OC(F)(F)F)cc2)c1. The Hall–Kier alpha value is -3.03. The van der Waals surface area contributed by atoms with E-state index in [0.29, 0.717) is 5.56 Å². The molecule has 2 rings (SSSR count). The third-order valence-electron chi connectivity index (χ3n) is 3.26. The lowest BCUT2D eigenvalue weighted by atomic mass is 10.1. The van der Waals surface area contributed by atoms with Crippen LogP contribution in [0.15, 0.2) is 48.5 Å². The van der Waals surface area contributed by atoms with Gasteiger partial charge in [0.25, 0.3) is 5.91 Å². The number of ether oxygens (including phenoxy) is 2. The summed E-state index contributed by atoms with van der Waals surface area (Å²) in [4.78, 5) is 24.1. The maximum Gasteiger partial charge on any atom is 0.573 e. The molecule has 0 heterocycles. The predicted octanol–water partition coefficient (Wildman–Crippen LogP) is 4.08. The van der Waals surface area contributed by atoms with Crippen LogP contribution in [0, 0.1) is 6.92 Å². The molecule has 0 fully saturated rings. The van der Waals surface area contributed by atoms with Gasteiger partial charge in [-0.2, -0.15) is 0 Å². The van der Waals surface area contributed by atoms with E-state index in [1.165, 1.54) is 19.1 Å². The van der Waals surface area contributed by atoms with Crippen LogP contribution in [0.2, 0.25) is 0 Å². The fourth-order valence-corrected chi connectivity index (χ4v) is 2.04.